The molecule has 0 fully saturated rings. The largest absolute Gasteiger partial charge is 0.309 e. The molecule has 11 aromatic rings. The van der Waals surface area contributed by atoms with E-state index in [-0.39, 0.29) is 0 Å². The first-order valence-electron chi connectivity index (χ1n) is 17.9. The molecule has 11 rings (SSSR count). The maximum atomic E-state index is 9.75. The molecule has 0 N–H and O–H groups in total. The van der Waals surface area contributed by atoms with Crippen LogP contribution in [0.5, 0.6) is 0 Å². The van der Waals surface area contributed by atoms with Crippen LogP contribution < -0.4 is 0 Å². The number of pyridine rings is 1. The normalized spacial score (nSPS) is 11.8. The van der Waals surface area contributed by atoms with Gasteiger partial charge in [0.1, 0.15) is 0 Å². The zero-order chi connectivity index (χ0) is 35.0. The first-order chi connectivity index (χ1) is 26.2. The van der Waals surface area contributed by atoms with Crippen LogP contribution in [0.3, 0.4) is 0 Å². The maximum absolute atomic E-state index is 9.75. The van der Waals surface area contributed by atoms with Gasteiger partial charge in [0.25, 0.3) is 0 Å². The first-order valence-corrected chi connectivity index (χ1v) is 17.9. The highest BCUT2D eigenvalue weighted by molar-refractivity contribution is 6.24. The first kappa shape index (κ1) is 29.5. The number of hydrogen-bond acceptors (Lipinski definition) is 2. The standard InChI is InChI=1S/C50H29N3/c51-30-31-11-21-46-44(24-31)45-29-35(20-22-47(45)53(46)42-8-2-1-3-9-42)41-27-38-18-16-36-25-40(26-37-17-19-39(28-41)49(38)48(36)37)32-12-14-33(15-13-32)43-10-4-6-34-7-5-23-52-50(34)43/h1-29H. The second-order valence-corrected chi connectivity index (χ2v) is 13.9. The molecule has 0 atom stereocenters. The minimum Gasteiger partial charge on any atom is -0.309 e. The summed E-state index contributed by atoms with van der Waals surface area (Å²) in [4.78, 5) is 4.67. The fraction of sp³-hybridized carbons (Fsp3) is 0. The summed E-state index contributed by atoms with van der Waals surface area (Å²) in [6.07, 6.45) is 1.86. The van der Waals surface area contributed by atoms with Crippen molar-refractivity contribution in [2.24, 2.45) is 0 Å². The van der Waals surface area contributed by atoms with Crippen molar-refractivity contribution in [1.29, 1.82) is 5.26 Å². The van der Waals surface area contributed by atoms with Gasteiger partial charge in [-0.3, -0.25) is 4.98 Å². The van der Waals surface area contributed by atoms with E-state index in [0.717, 1.165) is 49.5 Å². The average Bonchev–Trinajstić information content (AvgIpc) is 3.55. The molecule has 0 amide bonds. The van der Waals surface area contributed by atoms with Crippen LogP contribution in [0.15, 0.2) is 176 Å². The second kappa shape index (κ2) is 11.4. The number of para-hydroxylation sites is 2. The van der Waals surface area contributed by atoms with Crippen molar-refractivity contribution < 1.29 is 0 Å². The number of rotatable bonds is 4. The number of nitrogens with zero attached hydrogens (tertiary/aromatic N) is 3. The van der Waals surface area contributed by atoms with E-state index in [1.165, 1.54) is 54.6 Å². The second-order valence-electron chi connectivity index (χ2n) is 13.9. The Bertz CT molecular complexity index is 3200. The van der Waals surface area contributed by atoms with Crippen LogP contribution in [0.25, 0.3) is 104 Å². The maximum Gasteiger partial charge on any atom is 0.0991 e. The molecule has 53 heavy (non-hydrogen) atoms. The van der Waals surface area contributed by atoms with Crippen LogP contribution in [0.4, 0.5) is 0 Å². The van der Waals surface area contributed by atoms with E-state index in [4.69, 9.17) is 0 Å². The molecule has 0 aliphatic heterocycles. The van der Waals surface area contributed by atoms with Gasteiger partial charge in [-0.2, -0.15) is 5.26 Å². The molecule has 0 aliphatic rings. The van der Waals surface area contributed by atoms with E-state index in [1.807, 2.05) is 30.5 Å². The molecular formula is C50H29N3. The number of aromatic nitrogens is 2. The van der Waals surface area contributed by atoms with E-state index in [2.05, 4.69) is 161 Å². The Morgan fingerprint density at radius 1 is 0.434 bits per heavy atom. The summed E-state index contributed by atoms with van der Waals surface area (Å²) in [5.41, 5.74) is 12.1. The Kier molecular flexibility index (Phi) is 6.32. The lowest BCUT2D eigenvalue weighted by Gasteiger charge is -2.15. The van der Waals surface area contributed by atoms with Crippen molar-refractivity contribution in [3.63, 3.8) is 0 Å². The van der Waals surface area contributed by atoms with Crippen LogP contribution in [-0.2, 0) is 0 Å². The number of benzene rings is 9. The number of nitriles is 1. The van der Waals surface area contributed by atoms with E-state index >= 15 is 0 Å². The smallest absolute Gasteiger partial charge is 0.0991 e. The van der Waals surface area contributed by atoms with Crippen molar-refractivity contribution in [2.45, 2.75) is 0 Å². The number of hydrogen-bond donors (Lipinski definition) is 0. The highest BCUT2D eigenvalue weighted by atomic mass is 15.0. The lowest BCUT2D eigenvalue weighted by Crippen LogP contribution is -1.93. The Labute approximate surface area is 305 Å². The summed E-state index contributed by atoms with van der Waals surface area (Å²) < 4.78 is 2.29. The van der Waals surface area contributed by atoms with Crippen molar-refractivity contribution in [3.8, 4) is 45.1 Å². The Morgan fingerprint density at radius 2 is 1.02 bits per heavy atom. The molecule has 0 aliphatic carbocycles. The third-order valence-electron chi connectivity index (χ3n) is 10.9. The highest BCUT2D eigenvalue weighted by Crippen LogP contribution is 2.41. The van der Waals surface area contributed by atoms with Gasteiger partial charge in [-0.25, -0.2) is 0 Å². The Hall–Kier alpha value is -7.28. The molecule has 0 spiro atoms. The topological polar surface area (TPSA) is 41.6 Å². The number of fused-ring (bicyclic) bond motifs is 4. The molecule has 0 saturated heterocycles. The Morgan fingerprint density at radius 3 is 1.70 bits per heavy atom. The molecule has 2 aromatic heterocycles. The van der Waals surface area contributed by atoms with Crippen molar-refractivity contribution in [1.82, 2.24) is 9.55 Å². The van der Waals surface area contributed by atoms with E-state index in [0.29, 0.717) is 5.56 Å². The van der Waals surface area contributed by atoms with Gasteiger partial charge >= 0.3 is 0 Å². The van der Waals surface area contributed by atoms with E-state index in [9.17, 15) is 5.26 Å². The van der Waals surface area contributed by atoms with Crippen LogP contribution in [0, 0.1) is 11.3 Å². The quantitative estimate of drug-likeness (QED) is 0.175. The van der Waals surface area contributed by atoms with Gasteiger partial charge in [0.15, 0.2) is 0 Å². The van der Waals surface area contributed by atoms with E-state index < -0.39 is 0 Å². The molecule has 2 heterocycles. The molecule has 3 nitrogen and oxygen atoms in total. The molecule has 9 aromatic carbocycles. The third kappa shape index (κ3) is 4.56. The SMILES string of the molecule is N#Cc1ccc2c(c1)c1cc(-c3cc4ccc5cc(-c6ccc(-c7cccc8cccnc78)cc6)cc6ccc(c3)c4c56)ccc1n2-c1ccccc1. The van der Waals surface area contributed by atoms with Gasteiger partial charge in [-0.15, -0.1) is 0 Å². The average molecular weight is 672 g/mol. The van der Waals surface area contributed by atoms with Crippen molar-refractivity contribution >= 4 is 65.0 Å². The van der Waals surface area contributed by atoms with Crippen LogP contribution in [0.1, 0.15) is 5.56 Å². The zero-order valence-corrected chi connectivity index (χ0v) is 28.6. The Balaban J connectivity index is 1.01. The zero-order valence-electron chi connectivity index (χ0n) is 28.6. The highest BCUT2D eigenvalue weighted by Gasteiger charge is 2.16. The fourth-order valence-electron chi connectivity index (χ4n) is 8.48. The van der Waals surface area contributed by atoms with Crippen molar-refractivity contribution in [3.05, 3.63) is 182 Å². The van der Waals surface area contributed by atoms with Gasteiger partial charge < -0.3 is 4.57 Å². The van der Waals surface area contributed by atoms with Crippen molar-refractivity contribution in [2.75, 3.05) is 0 Å². The molecule has 0 radical (unpaired) electrons. The van der Waals surface area contributed by atoms with Crippen LogP contribution in [0.2, 0.25) is 0 Å². The van der Waals surface area contributed by atoms with Gasteiger partial charge in [0.05, 0.1) is 28.2 Å². The van der Waals surface area contributed by atoms with Gasteiger partial charge in [-0.05, 0) is 133 Å². The molecule has 0 unspecified atom stereocenters. The summed E-state index contributed by atoms with van der Waals surface area (Å²) in [5, 5.41) is 20.7. The summed E-state index contributed by atoms with van der Waals surface area (Å²) >= 11 is 0. The molecular weight excluding hydrogens is 643 g/mol. The fourth-order valence-corrected chi connectivity index (χ4v) is 8.48. The predicted molar refractivity (Wildman–Crippen MR) is 221 cm³/mol. The van der Waals surface area contributed by atoms with Gasteiger partial charge in [-0.1, -0.05) is 97.1 Å². The summed E-state index contributed by atoms with van der Waals surface area (Å²) in [6.45, 7) is 0. The molecule has 3 heteroatoms. The van der Waals surface area contributed by atoms with E-state index in [1.54, 1.807) is 0 Å². The summed E-state index contributed by atoms with van der Waals surface area (Å²) in [6, 6.07) is 63.3. The third-order valence-corrected chi connectivity index (χ3v) is 10.9. The van der Waals surface area contributed by atoms with Gasteiger partial charge in [0.2, 0.25) is 0 Å². The predicted octanol–water partition coefficient (Wildman–Crippen LogP) is 13.1. The monoisotopic (exact) mass is 671 g/mol. The summed E-state index contributed by atoms with van der Waals surface area (Å²) in [7, 11) is 0. The molecule has 0 bridgehead atoms. The minimum absolute atomic E-state index is 0.664. The molecule has 0 saturated carbocycles. The van der Waals surface area contributed by atoms with Crippen LogP contribution >= 0.6 is 0 Å². The molecule has 244 valence electrons. The summed E-state index contributed by atoms with van der Waals surface area (Å²) in [5.74, 6) is 0. The lowest BCUT2D eigenvalue weighted by atomic mass is 9.89. The lowest BCUT2D eigenvalue weighted by molar-refractivity contribution is 1.18. The minimum atomic E-state index is 0.664. The van der Waals surface area contributed by atoms with Crippen LogP contribution in [-0.4, -0.2) is 9.55 Å². The van der Waals surface area contributed by atoms with Gasteiger partial charge in [0, 0.05) is 33.6 Å².